The van der Waals surface area contributed by atoms with E-state index in [9.17, 15) is 9.59 Å². The number of methoxy groups -OCH3 is 1. The summed E-state index contributed by atoms with van der Waals surface area (Å²) in [5, 5.41) is 3.21. The van der Waals surface area contributed by atoms with E-state index < -0.39 is 0 Å². The van der Waals surface area contributed by atoms with Gasteiger partial charge in [0, 0.05) is 5.69 Å². The Kier molecular flexibility index (Phi) is 6.82. The standard InChI is InChI=1S/C29H30N2O3/c1-5-6-7-21-9-13-23(14-10-21)31-28(32)26(25-17-8-19(2)18-20(25)3)27(29(31)33)30-22-11-15-24(34-4)16-12-22/h8-18,30H,5-7H2,1-4H3. The van der Waals surface area contributed by atoms with Gasteiger partial charge in [-0.25, -0.2) is 4.90 Å². The van der Waals surface area contributed by atoms with Crippen molar-refractivity contribution in [2.45, 2.75) is 40.0 Å². The smallest absolute Gasteiger partial charge is 0.282 e. The fourth-order valence-corrected chi connectivity index (χ4v) is 4.24. The van der Waals surface area contributed by atoms with Crippen molar-refractivity contribution in [2.24, 2.45) is 0 Å². The topological polar surface area (TPSA) is 58.6 Å². The van der Waals surface area contributed by atoms with Crippen LogP contribution in [-0.2, 0) is 16.0 Å². The molecule has 5 heteroatoms. The van der Waals surface area contributed by atoms with Gasteiger partial charge in [0.1, 0.15) is 11.4 Å². The van der Waals surface area contributed by atoms with E-state index in [-0.39, 0.29) is 17.5 Å². The minimum Gasteiger partial charge on any atom is -0.497 e. The van der Waals surface area contributed by atoms with Gasteiger partial charge in [-0.3, -0.25) is 9.59 Å². The molecule has 0 unspecified atom stereocenters. The van der Waals surface area contributed by atoms with Crippen molar-refractivity contribution in [2.75, 3.05) is 17.3 Å². The van der Waals surface area contributed by atoms with Gasteiger partial charge < -0.3 is 10.1 Å². The third-order valence-electron chi connectivity index (χ3n) is 6.11. The van der Waals surface area contributed by atoms with Gasteiger partial charge in [0.25, 0.3) is 11.8 Å². The van der Waals surface area contributed by atoms with Crippen LogP contribution < -0.4 is 15.0 Å². The molecule has 2 amide bonds. The average Bonchev–Trinajstić information content (AvgIpc) is 3.08. The van der Waals surface area contributed by atoms with Gasteiger partial charge in [-0.05, 0) is 79.8 Å². The van der Waals surface area contributed by atoms with Crippen LogP contribution >= 0.6 is 0 Å². The number of aryl methyl sites for hydroxylation is 3. The molecule has 34 heavy (non-hydrogen) atoms. The van der Waals surface area contributed by atoms with E-state index >= 15 is 0 Å². The highest BCUT2D eigenvalue weighted by atomic mass is 16.5. The van der Waals surface area contributed by atoms with E-state index in [4.69, 9.17) is 4.74 Å². The Morgan fingerprint density at radius 1 is 0.882 bits per heavy atom. The SMILES string of the molecule is CCCCc1ccc(N2C(=O)C(Nc3ccc(OC)cc3)=C(c3ccc(C)cc3C)C2=O)cc1. The zero-order valence-electron chi connectivity index (χ0n) is 20.1. The number of imide groups is 1. The van der Waals surface area contributed by atoms with E-state index in [0.29, 0.717) is 22.7 Å². The molecule has 5 nitrogen and oxygen atoms in total. The summed E-state index contributed by atoms with van der Waals surface area (Å²) in [6.45, 7) is 6.13. The quantitative estimate of drug-likeness (QED) is 0.421. The number of amides is 2. The highest BCUT2D eigenvalue weighted by Crippen LogP contribution is 2.35. The molecule has 0 saturated heterocycles. The summed E-state index contributed by atoms with van der Waals surface area (Å²) in [5.74, 6) is 0.0270. The van der Waals surface area contributed by atoms with Gasteiger partial charge in [-0.15, -0.1) is 0 Å². The third-order valence-corrected chi connectivity index (χ3v) is 6.11. The lowest BCUT2D eigenvalue weighted by Crippen LogP contribution is -2.32. The second kappa shape index (κ2) is 9.96. The summed E-state index contributed by atoms with van der Waals surface area (Å²) in [4.78, 5) is 28.6. The van der Waals surface area contributed by atoms with Gasteiger partial charge in [-0.1, -0.05) is 49.2 Å². The number of anilines is 2. The molecule has 0 fully saturated rings. The maximum absolute atomic E-state index is 13.7. The Hall–Kier alpha value is -3.86. The Morgan fingerprint density at radius 2 is 1.59 bits per heavy atom. The highest BCUT2D eigenvalue weighted by molar-refractivity contribution is 6.46. The molecule has 174 valence electrons. The minimum atomic E-state index is -0.364. The van der Waals surface area contributed by atoms with Crippen LogP contribution in [0.2, 0.25) is 0 Å². The molecule has 0 bridgehead atoms. The number of carbonyl (C=O) groups is 2. The maximum atomic E-state index is 13.7. The van der Waals surface area contributed by atoms with Crippen LogP contribution in [0.15, 0.2) is 72.4 Å². The summed E-state index contributed by atoms with van der Waals surface area (Å²) in [5.41, 5.74) is 5.93. The third kappa shape index (κ3) is 4.60. The normalized spacial score (nSPS) is 13.6. The van der Waals surface area contributed by atoms with Crippen LogP contribution in [0.5, 0.6) is 5.75 Å². The molecule has 3 aromatic rings. The van der Waals surface area contributed by atoms with Gasteiger partial charge in [0.15, 0.2) is 0 Å². The van der Waals surface area contributed by atoms with Crippen molar-refractivity contribution >= 4 is 28.8 Å². The molecule has 0 aliphatic carbocycles. The summed E-state index contributed by atoms with van der Waals surface area (Å²) < 4.78 is 5.23. The fourth-order valence-electron chi connectivity index (χ4n) is 4.24. The van der Waals surface area contributed by atoms with Gasteiger partial charge >= 0.3 is 0 Å². The van der Waals surface area contributed by atoms with E-state index in [1.165, 1.54) is 10.5 Å². The van der Waals surface area contributed by atoms with Crippen LogP contribution in [0.25, 0.3) is 5.57 Å². The largest absolute Gasteiger partial charge is 0.497 e. The zero-order valence-corrected chi connectivity index (χ0v) is 20.1. The molecule has 0 radical (unpaired) electrons. The molecule has 0 spiro atoms. The van der Waals surface area contributed by atoms with Crippen molar-refractivity contribution in [3.8, 4) is 5.75 Å². The van der Waals surface area contributed by atoms with Crippen molar-refractivity contribution < 1.29 is 14.3 Å². The molecule has 0 atom stereocenters. The number of hydrogen-bond acceptors (Lipinski definition) is 4. The lowest BCUT2D eigenvalue weighted by atomic mass is 9.97. The first-order valence-electron chi connectivity index (χ1n) is 11.6. The number of carbonyl (C=O) groups excluding carboxylic acids is 2. The van der Waals surface area contributed by atoms with Crippen LogP contribution in [0.3, 0.4) is 0 Å². The van der Waals surface area contributed by atoms with Crippen molar-refractivity contribution in [1.29, 1.82) is 0 Å². The molecule has 1 aliphatic heterocycles. The molecule has 1 N–H and O–H groups in total. The minimum absolute atomic E-state index is 0.275. The number of nitrogens with one attached hydrogen (secondary N) is 1. The van der Waals surface area contributed by atoms with Crippen molar-refractivity contribution in [3.05, 3.63) is 94.7 Å². The molecule has 0 aromatic heterocycles. The summed E-state index contributed by atoms with van der Waals surface area (Å²) in [6.07, 6.45) is 3.21. The van der Waals surface area contributed by atoms with Crippen LogP contribution in [0, 0.1) is 13.8 Å². The predicted octanol–water partition coefficient (Wildman–Crippen LogP) is 6.05. The Morgan fingerprint density at radius 3 is 2.21 bits per heavy atom. The molecule has 1 aliphatic rings. The Labute approximate surface area is 201 Å². The first-order chi connectivity index (χ1) is 16.4. The zero-order chi connectivity index (χ0) is 24.2. The first kappa shape index (κ1) is 23.3. The van der Waals surface area contributed by atoms with Gasteiger partial charge in [-0.2, -0.15) is 0 Å². The lowest BCUT2D eigenvalue weighted by molar-refractivity contribution is -0.120. The lowest BCUT2D eigenvalue weighted by Gasteiger charge is -2.16. The monoisotopic (exact) mass is 454 g/mol. The highest BCUT2D eigenvalue weighted by Gasteiger charge is 2.40. The summed E-state index contributed by atoms with van der Waals surface area (Å²) in [6, 6.07) is 20.9. The van der Waals surface area contributed by atoms with Crippen molar-refractivity contribution in [1.82, 2.24) is 0 Å². The fraction of sp³-hybridized carbons (Fsp3) is 0.241. The van der Waals surface area contributed by atoms with Crippen LogP contribution in [-0.4, -0.2) is 18.9 Å². The van der Waals surface area contributed by atoms with E-state index in [1.54, 1.807) is 7.11 Å². The maximum Gasteiger partial charge on any atom is 0.282 e. The molecule has 3 aromatic carbocycles. The number of hydrogen-bond donors (Lipinski definition) is 1. The molecular weight excluding hydrogens is 424 g/mol. The van der Waals surface area contributed by atoms with E-state index in [0.717, 1.165) is 36.0 Å². The number of rotatable bonds is 8. The summed E-state index contributed by atoms with van der Waals surface area (Å²) in [7, 11) is 1.60. The van der Waals surface area contributed by atoms with E-state index in [2.05, 4.69) is 12.2 Å². The number of ether oxygens (including phenoxy) is 1. The average molecular weight is 455 g/mol. The van der Waals surface area contributed by atoms with Crippen LogP contribution in [0.1, 0.15) is 42.0 Å². The molecular formula is C29H30N2O3. The molecule has 1 heterocycles. The van der Waals surface area contributed by atoms with E-state index in [1.807, 2.05) is 80.6 Å². The number of benzene rings is 3. The van der Waals surface area contributed by atoms with Gasteiger partial charge in [0.05, 0.1) is 18.4 Å². The first-order valence-corrected chi connectivity index (χ1v) is 11.6. The van der Waals surface area contributed by atoms with Gasteiger partial charge in [0.2, 0.25) is 0 Å². The molecule has 0 saturated carbocycles. The second-order valence-electron chi connectivity index (χ2n) is 8.64. The Bertz CT molecular complexity index is 1240. The number of unbranched alkanes of at least 4 members (excludes halogenated alkanes) is 1. The van der Waals surface area contributed by atoms with Crippen molar-refractivity contribution in [3.63, 3.8) is 0 Å². The van der Waals surface area contributed by atoms with Crippen LogP contribution in [0.4, 0.5) is 11.4 Å². The summed E-state index contributed by atoms with van der Waals surface area (Å²) >= 11 is 0. The predicted molar refractivity (Wildman–Crippen MR) is 137 cm³/mol. The Balaban J connectivity index is 1.75. The number of nitrogens with zero attached hydrogens (tertiary/aromatic N) is 1. The second-order valence-corrected chi connectivity index (χ2v) is 8.64. The molecule has 4 rings (SSSR count).